The standard InChI is InChI=1S/C5H9NO.BrH/c1-6-4-2-3-5-7;/h2-3,5-6H,4H2,1H3;1H. The van der Waals surface area contributed by atoms with Crippen molar-refractivity contribution in [2.75, 3.05) is 13.6 Å². The second kappa shape index (κ2) is 9.97. The second-order valence-electron chi connectivity index (χ2n) is 1.12. The van der Waals surface area contributed by atoms with Crippen molar-refractivity contribution in [2.45, 2.75) is 0 Å². The smallest absolute Gasteiger partial charge is 0.142 e. The van der Waals surface area contributed by atoms with Gasteiger partial charge in [-0.1, -0.05) is 6.08 Å². The van der Waals surface area contributed by atoms with Gasteiger partial charge in [0.15, 0.2) is 0 Å². The highest BCUT2D eigenvalue weighted by atomic mass is 79.9. The number of aldehydes is 1. The molecule has 0 aromatic heterocycles. The molecule has 48 valence electrons. The van der Waals surface area contributed by atoms with Crippen LogP contribution in [0.3, 0.4) is 0 Å². The average molecular weight is 180 g/mol. The SMILES string of the molecule is Br.CNCC=CC=O. The molecule has 0 heterocycles. The van der Waals surface area contributed by atoms with Gasteiger partial charge in [-0.25, -0.2) is 0 Å². The van der Waals surface area contributed by atoms with Crippen LogP contribution >= 0.6 is 17.0 Å². The molecule has 0 amide bonds. The van der Waals surface area contributed by atoms with Crippen LogP contribution in [0.25, 0.3) is 0 Å². The van der Waals surface area contributed by atoms with Crippen LogP contribution in [0.15, 0.2) is 12.2 Å². The maximum absolute atomic E-state index is 9.57. The molecule has 8 heavy (non-hydrogen) atoms. The van der Waals surface area contributed by atoms with Crippen molar-refractivity contribution < 1.29 is 4.79 Å². The van der Waals surface area contributed by atoms with Crippen LogP contribution in [0.1, 0.15) is 0 Å². The van der Waals surface area contributed by atoms with Crippen molar-refractivity contribution in [2.24, 2.45) is 0 Å². The molecule has 0 radical (unpaired) electrons. The Bertz CT molecular complexity index is 72.8. The minimum Gasteiger partial charge on any atom is -0.316 e. The predicted octanol–water partition coefficient (Wildman–Crippen LogP) is 0.539. The van der Waals surface area contributed by atoms with Crippen LogP contribution < -0.4 is 5.32 Å². The Hall–Kier alpha value is -0.150. The highest BCUT2D eigenvalue weighted by Crippen LogP contribution is 1.60. The quantitative estimate of drug-likeness (QED) is 0.507. The summed E-state index contributed by atoms with van der Waals surface area (Å²) in [6.45, 7) is 0.763. The van der Waals surface area contributed by atoms with Gasteiger partial charge in [0.05, 0.1) is 0 Å². The number of allylic oxidation sites excluding steroid dienone is 1. The minimum absolute atomic E-state index is 0. The number of likely N-dealkylation sites (N-methyl/N-ethyl adjacent to an activating group) is 1. The van der Waals surface area contributed by atoms with Gasteiger partial charge in [0, 0.05) is 6.54 Å². The summed E-state index contributed by atoms with van der Waals surface area (Å²) in [7, 11) is 1.83. The first-order chi connectivity index (χ1) is 3.41. The van der Waals surface area contributed by atoms with Crippen LogP contribution in [0.2, 0.25) is 0 Å². The Kier molecular flexibility index (Phi) is 13.4. The summed E-state index contributed by atoms with van der Waals surface area (Å²) in [5, 5.41) is 2.86. The van der Waals surface area contributed by atoms with Gasteiger partial charge in [0.2, 0.25) is 0 Å². The number of hydrogen-bond acceptors (Lipinski definition) is 2. The Balaban J connectivity index is 0. The first-order valence-electron chi connectivity index (χ1n) is 2.16. The van der Waals surface area contributed by atoms with Crippen LogP contribution in [-0.2, 0) is 4.79 Å². The van der Waals surface area contributed by atoms with E-state index in [2.05, 4.69) is 5.32 Å². The molecule has 0 aliphatic rings. The molecule has 0 rings (SSSR count). The van der Waals surface area contributed by atoms with E-state index >= 15 is 0 Å². The van der Waals surface area contributed by atoms with E-state index in [0.29, 0.717) is 0 Å². The van der Waals surface area contributed by atoms with E-state index in [4.69, 9.17) is 0 Å². The van der Waals surface area contributed by atoms with Crippen LogP contribution in [-0.4, -0.2) is 19.9 Å². The molecular weight excluding hydrogens is 170 g/mol. The molecule has 0 spiro atoms. The van der Waals surface area contributed by atoms with Gasteiger partial charge in [-0.3, -0.25) is 4.79 Å². The number of hydrogen-bond donors (Lipinski definition) is 1. The fourth-order valence-corrected chi connectivity index (χ4v) is 0.241. The number of halogens is 1. The zero-order chi connectivity index (χ0) is 5.54. The first kappa shape index (κ1) is 10.8. The Morgan fingerprint density at radius 1 is 1.62 bits per heavy atom. The summed E-state index contributed by atoms with van der Waals surface area (Å²) in [5.41, 5.74) is 0. The van der Waals surface area contributed by atoms with Crippen LogP contribution in [0, 0.1) is 0 Å². The van der Waals surface area contributed by atoms with Gasteiger partial charge in [-0.15, -0.1) is 17.0 Å². The number of nitrogens with one attached hydrogen (secondary N) is 1. The number of carbonyl (C=O) groups is 1. The summed E-state index contributed by atoms with van der Waals surface area (Å²) in [5.74, 6) is 0. The molecule has 3 heteroatoms. The highest BCUT2D eigenvalue weighted by molar-refractivity contribution is 8.93. The molecule has 0 atom stereocenters. The monoisotopic (exact) mass is 179 g/mol. The maximum atomic E-state index is 9.57. The van der Waals surface area contributed by atoms with Gasteiger partial charge in [0.25, 0.3) is 0 Å². The zero-order valence-corrected chi connectivity index (χ0v) is 6.47. The molecule has 0 aliphatic heterocycles. The third-order valence-corrected chi connectivity index (χ3v) is 0.537. The van der Waals surface area contributed by atoms with Crippen molar-refractivity contribution in [3.05, 3.63) is 12.2 Å². The molecular formula is C5H10BrNO. The molecule has 0 fully saturated rings. The number of carbonyl (C=O) groups excluding carboxylic acids is 1. The van der Waals surface area contributed by atoms with E-state index in [-0.39, 0.29) is 17.0 Å². The highest BCUT2D eigenvalue weighted by Gasteiger charge is 1.64. The van der Waals surface area contributed by atoms with E-state index in [9.17, 15) is 4.79 Å². The van der Waals surface area contributed by atoms with Gasteiger partial charge in [-0.2, -0.15) is 0 Å². The van der Waals surface area contributed by atoms with Crippen LogP contribution in [0.5, 0.6) is 0 Å². The van der Waals surface area contributed by atoms with E-state index < -0.39 is 0 Å². The lowest BCUT2D eigenvalue weighted by molar-refractivity contribution is -0.104. The van der Waals surface area contributed by atoms with Crippen molar-refractivity contribution in [1.29, 1.82) is 0 Å². The zero-order valence-electron chi connectivity index (χ0n) is 4.76. The van der Waals surface area contributed by atoms with Crippen molar-refractivity contribution in [3.63, 3.8) is 0 Å². The summed E-state index contributed by atoms with van der Waals surface area (Å²) in [4.78, 5) is 9.57. The molecule has 0 unspecified atom stereocenters. The molecule has 0 bridgehead atoms. The van der Waals surface area contributed by atoms with Crippen molar-refractivity contribution in [3.8, 4) is 0 Å². The Morgan fingerprint density at radius 2 is 2.25 bits per heavy atom. The molecule has 1 N–H and O–H groups in total. The summed E-state index contributed by atoms with van der Waals surface area (Å²) < 4.78 is 0. The van der Waals surface area contributed by atoms with Gasteiger partial charge in [-0.05, 0) is 13.1 Å². The minimum atomic E-state index is 0. The number of rotatable bonds is 3. The Morgan fingerprint density at radius 3 is 2.62 bits per heavy atom. The van der Waals surface area contributed by atoms with Gasteiger partial charge >= 0.3 is 0 Å². The lowest BCUT2D eigenvalue weighted by atomic mass is 10.5. The lowest BCUT2D eigenvalue weighted by Crippen LogP contribution is -2.03. The van der Waals surface area contributed by atoms with Gasteiger partial charge < -0.3 is 5.32 Å². The molecule has 0 aliphatic carbocycles. The largest absolute Gasteiger partial charge is 0.316 e. The summed E-state index contributed by atoms with van der Waals surface area (Å²) in [6.07, 6.45) is 3.99. The molecule has 0 saturated carbocycles. The maximum Gasteiger partial charge on any atom is 0.142 e. The summed E-state index contributed by atoms with van der Waals surface area (Å²) in [6, 6.07) is 0. The fraction of sp³-hybridized carbons (Fsp3) is 0.400. The van der Waals surface area contributed by atoms with Crippen LogP contribution in [0.4, 0.5) is 0 Å². The molecule has 0 aromatic carbocycles. The molecule has 2 nitrogen and oxygen atoms in total. The Labute approximate surface area is 59.7 Å². The van der Waals surface area contributed by atoms with E-state index in [0.717, 1.165) is 12.8 Å². The third-order valence-electron chi connectivity index (χ3n) is 0.537. The first-order valence-corrected chi connectivity index (χ1v) is 2.16. The molecule has 0 aromatic rings. The second-order valence-corrected chi connectivity index (χ2v) is 1.12. The predicted molar refractivity (Wildman–Crippen MR) is 39.5 cm³/mol. The van der Waals surface area contributed by atoms with Crippen molar-refractivity contribution in [1.82, 2.24) is 5.32 Å². The third kappa shape index (κ3) is 9.28. The van der Waals surface area contributed by atoms with E-state index in [1.165, 1.54) is 6.08 Å². The van der Waals surface area contributed by atoms with Gasteiger partial charge in [0.1, 0.15) is 6.29 Å². The van der Waals surface area contributed by atoms with Crippen molar-refractivity contribution >= 4 is 23.3 Å². The van der Waals surface area contributed by atoms with E-state index in [1.807, 2.05) is 7.05 Å². The average Bonchev–Trinajstić information content (AvgIpc) is 1.69. The summed E-state index contributed by atoms with van der Waals surface area (Å²) >= 11 is 0. The topological polar surface area (TPSA) is 29.1 Å². The fourth-order valence-electron chi connectivity index (χ4n) is 0.241. The lowest BCUT2D eigenvalue weighted by Gasteiger charge is -1.81. The molecule has 0 saturated heterocycles. The van der Waals surface area contributed by atoms with E-state index in [1.54, 1.807) is 6.08 Å². The normalized spacial score (nSPS) is 8.62.